The molecule has 0 aromatic carbocycles. The Kier molecular flexibility index (Phi) is 4.06. The van der Waals surface area contributed by atoms with Crippen molar-refractivity contribution in [2.24, 2.45) is 23.7 Å². The molecule has 3 nitrogen and oxygen atoms in total. The molecule has 2 heterocycles. The van der Waals surface area contributed by atoms with Crippen LogP contribution >= 0.6 is 0 Å². The van der Waals surface area contributed by atoms with Crippen LogP contribution in [0, 0.1) is 23.7 Å². The van der Waals surface area contributed by atoms with Crippen LogP contribution in [0.15, 0.2) is 0 Å². The number of likely N-dealkylation sites (tertiary alicyclic amines) is 1. The lowest BCUT2D eigenvalue weighted by Crippen LogP contribution is -2.47. The Balaban J connectivity index is 1.65. The summed E-state index contributed by atoms with van der Waals surface area (Å²) < 4.78 is 0. The van der Waals surface area contributed by atoms with Gasteiger partial charge in [0, 0.05) is 6.04 Å². The molecule has 0 aromatic heterocycles. The van der Waals surface area contributed by atoms with Crippen molar-refractivity contribution in [1.82, 2.24) is 10.2 Å². The maximum absolute atomic E-state index is 12.4. The fraction of sp³-hybridized carbons (Fsp3) is 0.947. The third-order valence-corrected chi connectivity index (χ3v) is 7.36. The Morgan fingerprint density at radius 1 is 0.955 bits per heavy atom. The predicted octanol–water partition coefficient (Wildman–Crippen LogP) is 3.19. The van der Waals surface area contributed by atoms with E-state index in [1.165, 1.54) is 57.8 Å². The van der Waals surface area contributed by atoms with Crippen molar-refractivity contribution in [2.75, 3.05) is 7.05 Å². The first kappa shape index (κ1) is 15.1. The topological polar surface area (TPSA) is 32.3 Å². The van der Waals surface area contributed by atoms with Gasteiger partial charge >= 0.3 is 0 Å². The highest BCUT2D eigenvalue weighted by Gasteiger charge is 2.59. The van der Waals surface area contributed by atoms with Crippen LogP contribution in [0.25, 0.3) is 0 Å². The Hall–Kier alpha value is -0.410. The largest absolute Gasteiger partial charge is 0.298 e. The minimum atomic E-state index is 0.175. The van der Waals surface area contributed by atoms with Gasteiger partial charge in [-0.3, -0.25) is 15.0 Å². The van der Waals surface area contributed by atoms with Crippen molar-refractivity contribution in [3.8, 4) is 0 Å². The Morgan fingerprint density at radius 3 is 2.36 bits per heavy atom. The monoisotopic (exact) mass is 304 g/mol. The first-order chi connectivity index (χ1) is 10.7. The molecular weight excluding hydrogens is 272 g/mol. The summed E-state index contributed by atoms with van der Waals surface area (Å²) in [4.78, 5) is 14.9. The van der Waals surface area contributed by atoms with E-state index in [1.807, 2.05) is 6.92 Å². The zero-order chi connectivity index (χ0) is 15.3. The van der Waals surface area contributed by atoms with E-state index in [0.717, 1.165) is 23.8 Å². The summed E-state index contributed by atoms with van der Waals surface area (Å²) in [5, 5.41) is 3.93. The van der Waals surface area contributed by atoms with E-state index in [4.69, 9.17) is 0 Å². The second-order valence-corrected chi connectivity index (χ2v) is 8.44. The minimum absolute atomic E-state index is 0.175. The molecule has 2 aliphatic carbocycles. The minimum Gasteiger partial charge on any atom is -0.298 e. The molecule has 1 N–H and O–H groups in total. The molecule has 0 bridgehead atoms. The second-order valence-electron chi connectivity index (χ2n) is 8.44. The fourth-order valence-corrected chi connectivity index (χ4v) is 6.58. The molecule has 2 aliphatic heterocycles. The van der Waals surface area contributed by atoms with Crippen LogP contribution in [0.1, 0.15) is 64.7 Å². The van der Waals surface area contributed by atoms with Crippen LogP contribution < -0.4 is 5.32 Å². The van der Waals surface area contributed by atoms with Gasteiger partial charge in [0.25, 0.3) is 0 Å². The molecule has 0 amide bonds. The summed E-state index contributed by atoms with van der Waals surface area (Å²) in [6.45, 7) is 1.83. The number of ketones is 1. The van der Waals surface area contributed by atoms with Crippen LogP contribution in [-0.4, -0.2) is 36.0 Å². The first-order valence-electron chi connectivity index (χ1n) is 9.67. The highest BCUT2D eigenvalue weighted by atomic mass is 16.1. The highest BCUT2D eigenvalue weighted by molar-refractivity contribution is 5.82. The molecule has 0 spiro atoms. The molecule has 0 aromatic rings. The molecule has 6 unspecified atom stereocenters. The van der Waals surface area contributed by atoms with Gasteiger partial charge in [-0.25, -0.2) is 0 Å². The summed E-state index contributed by atoms with van der Waals surface area (Å²) in [5.41, 5.74) is 0. The number of carbonyl (C=O) groups excluding carboxylic acids is 1. The molecule has 4 fully saturated rings. The lowest BCUT2D eigenvalue weighted by Gasteiger charge is -2.38. The van der Waals surface area contributed by atoms with Crippen molar-refractivity contribution in [2.45, 2.75) is 83.0 Å². The zero-order valence-electron chi connectivity index (χ0n) is 14.3. The lowest BCUT2D eigenvalue weighted by atomic mass is 9.66. The maximum atomic E-state index is 12.4. The van der Waals surface area contributed by atoms with Crippen LogP contribution in [-0.2, 0) is 4.79 Å². The second kappa shape index (κ2) is 5.90. The quantitative estimate of drug-likeness (QED) is 0.850. The third-order valence-electron chi connectivity index (χ3n) is 7.36. The fourth-order valence-electron chi connectivity index (χ4n) is 6.58. The van der Waals surface area contributed by atoms with Gasteiger partial charge in [-0.15, -0.1) is 0 Å². The Labute approximate surface area is 135 Å². The van der Waals surface area contributed by atoms with Gasteiger partial charge in [0.05, 0.1) is 12.2 Å². The first-order valence-corrected chi connectivity index (χ1v) is 9.67. The van der Waals surface area contributed by atoms with Crippen LogP contribution in [0.5, 0.6) is 0 Å². The number of fused-ring (bicyclic) bond motifs is 3. The van der Waals surface area contributed by atoms with Gasteiger partial charge in [0.2, 0.25) is 0 Å². The standard InChI is InChI=1S/C19H32N2O/c1-12(22)18-16(13-8-4-3-5-9-13)17-14-10-6-7-11-15(14)20-19(17)21(18)2/h13-20H,3-11H2,1-2H3. The average Bonchev–Trinajstić information content (AvgIpc) is 3.04. The highest BCUT2D eigenvalue weighted by Crippen LogP contribution is 2.52. The van der Waals surface area contributed by atoms with E-state index in [9.17, 15) is 4.79 Å². The SMILES string of the molecule is CC(=O)C1C(C2CCCCC2)C2C3CCCCC3NC2N1C. The van der Waals surface area contributed by atoms with E-state index in [0.29, 0.717) is 17.9 Å². The molecule has 124 valence electrons. The maximum Gasteiger partial charge on any atom is 0.147 e. The lowest BCUT2D eigenvalue weighted by molar-refractivity contribution is -0.123. The van der Waals surface area contributed by atoms with Crippen molar-refractivity contribution in [1.29, 1.82) is 0 Å². The normalized spacial score (nSPS) is 46.5. The van der Waals surface area contributed by atoms with Gasteiger partial charge in [0.15, 0.2) is 0 Å². The van der Waals surface area contributed by atoms with Crippen molar-refractivity contribution < 1.29 is 4.79 Å². The summed E-state index contributed by atoms with van der Waals surface area (Å²) in [7, 11) is 2.21. The Morgan fingerprint density at radius 2 is 1.64 bits per heavy atom. The van der Waals surface area contributed by atoms with Crippen molar-refractivity contribution in [3.05, 3.63) is 0 Å². The van der Waals surface area contributed by atoms with Gasteiger partial charge in [0.1, 0.15) is 5.78 Å². The summed E-state index contributed by atoms with van der Waals surface area (Å²) in [6, 6.07) is 0.902. The van der Waals surface area contributed by atoms with E-state index in [2.05, 4.69) is 17.3 Å². The Bertz CT molecular complexity index is 431. The number of Topliss-reactive ketones (excluding diaryl/α,β-unsaturated/α-hetero) is 1. The molecule has 4 aliphatic rings. The number of nitrogens with one attached hydrogen (secondary N) is 1. The van der Waals surface area contributed by atoms with Gasteiger partial charge in [-0.1, -0.05) is 44.9 Å². The molecule has 3 heteroatoms. The van der Waals surface area contributed by atoms with E-state index in [-0.39, 0.29) is 6.04 Å². The number of nitrogens with zero attached hydrogens (tertiary/aromatic N) is 1. The molecule has 4 rings (SSSR count). The number of likely N-dealkylation sites (N-methyl/N-ethyl adjacent to an activating group) is 1. The zero-order valence-corrected chi connectivity index (χ0v) is 14.3. The van der Waals surface area contributed by atoms with Gasteiger partial charge in [-0.2, -0.15) is 0 Å². The van der Waals surface area contributed by atoms with Crippen molar-refractivity contribution in [3.63, 3.8) is 0 Å². The van der Waals surface area contributed by atoms with Crippen molar-refractivity contribution >= 4 is 5.78 Å². The predicted molar refractivity (Wildman–Crippen MR) is 88.5 cm³/mol. The molecule has 2 saturated carbocycles. The number of hydrogen-bond donors (Lipinski definition) is 1. The summed E-state index contributed by atoms with van der Waals surface area (Å²) in [5.74, 6) is 3.38. The third kappa shape index (κ3) is 2.27. The van der Waals surface area contributed by atoms with Gasteiger partial charge in [-0.05, 0) is 50.5 Å². The average molecular weight is 304 g/mol. The van der Waals surface area contributed by atoms with E-state index < -0.39 is 0 Å². The molecule has 2 saturated heterocycles. The summed E-state index contributed by atoms with van der Waals surface area (Å²) in [6.07, 6.45) is 12.9. The number of rotatable bonds is 2. The molecule has 0 radical (unpaired) electrons. The molecular formula is C19H32N2O. The van der Waals surface area contributed by atoms with Gasteiger partial charge < -0.3 is 0 Å². The van der Waals surface area contributed by atoms with Crippen LogP contribution in [0.2, 0.25) is 0 Å². The van der Waals surface area contributed by atoms with E-state index in [1.54, 1.807) is 0 Å². The number of carbonyl (C=O) groups is 1. The van der Waals surface area contributed by atoms with E-state index >= 15 is 0 Å². The molecule has 22 heavy (non-hydrogen) atoms. The smallest absolute Gasteiger partial charge is 0.147 e. The van der Waals surface area contributed by atoms with Crippen LogP contribution in [0.3, 0.4) is 0 Å². The number of hydrogen-bond acceptors (Lipinski definition) is 3. The molecule has 6 atom stereocenters. The summed E-state index contributed by atoms with van der Waals surface area (Å²) >= 11 is 0. The van der Waals surface area contributed by atoms with Crippen LogP contribution in [0.4, 0.5) is 0 Å².